The monoisotopic (exact) mass is 294 g/mol. The third kappa shape index (κ3) is 8.07. The summed E-state index contributed by atoms with van der Waals surface area (Å²) in [4.78, 5) is 7.72. The summed E-state index contributed by atoms with van der Waals surface area (Å²) in [5, 5.41) is 6.66. The van der Waals surface area contributed by atoms with Crippen molar-refractivity contribution in [2.24, 2.45) is 4.99 Å². The molecule has 112 valence electrons. The van der Waals surface area contributed by atoms with Crippen LogP contribution in [0, 0.1) is 0 Å². The molecule has 0 fully saturated rings. The Morgan fingerprint density at radius 3 is 2.50 bits per heavy atom. The van der Waals surface area contributed by atoms with Crippen LogP contribution in [-0.4, -0.2) is 57.4 Å². The number of thioether (sulfide) groups is 1. The van der Waals surface area contributed by atoms with Gasteiger partial charge in [-0.25, -0.2) is 0 Å². The Labute approximate surface area is 127 Å². The number of nitrogens with zero attached hydrogens (tertiary/aromatic N) is 2. The lowest BCUT2D eigenvalue weighted by atomic mass is 10.4. The summed E-state index contributed by atoms with van der Waals surface area (Å²) in [6, 6.07) is 10.5. The molecule has 0 saturated heterocycles. The van der Waals surface area contributed by atoms with Gasteiger partial charge in [-0.1, -0.05) is 18.2 Å². The molecule has 1 aromatic carbocycles. The van der Waals surface area contributed by atoms with E-state index in [1.165, 1.54) is 4.90 Å². The van der Waals surface area contributed by atoms with Gasteiger partial charge in [-0.3, -0.25) is 4.99 Å². The molecule has 2 N–H and O–H groups in total. The predicted octanol–water partition coefficient (Wildman–Crippen LogP) is 1.90. The van der Waals surface area contributed by atoms with Crippen LogP contribution in [-0.2, 0) is 0 Å². The Morgan fingerprint density at radius 1 is 1.15 bits per heavy atom. The molecular formula is C15H26N4S. The zero-order valence-electron chi connectivity index (χ0n) is 12.7. The smallest absolute Gasteiger partial charge is 0.191 e. The second-order valence-corrected chi connectivity index (χ2v) is 5.91. The van der Waals surface area contributed by atoms with E-state index in [0.717, 1.165) is 37.8 Å². The van der Waals surface area contributed by atoms with Crippen LogP contribution < -0.4 is 10.6 Å². The average Bonchev–Trinajstić information content (AvgIpc) is 2.46. The molecule has 0 radical (unpaired) electrons. The third-order valence-electron chi connectivity index (χ3n) is 2.70. The first-order valence-corrected chi connectivity index (χ1v) is 7.98. The van der Waals surface area contributed by atoms with Crippen molar-refractivity contribution in [3.05, 3.63) is 30.3 Å². The van der Waals surface area contributed by atoms with Gasteiger partial charge in [0.15, 0.2) is 5.96 Å². The van der Waals surface area contributed by atoms with Crippen LogP contribution in [0.3, 0.4) is 0 Å². The fourth-order valence-electron chi connectivity index (χ4n) is 1.68. The number of hydrogen-bond acceptors (Lipinski definition) is 3. The second kappa shape index (κ2) is 10.6. The summed E-state index contributed by atoms with van der Waals surface area (Å²) in [5.74, 6) is 1.92. The first kappa shape index (κ1) is 16.9. The first-order chi connectivity index (χ1) is 9.72. The largest absolute Gasteiger partial charge is 0.356 e. The highest BCUT2D eigenvalue weighted by Crippen LogP contribution is 2.15. The van der Waals surface area contributed by atoms with Gasteiger partial charge in [0.05, 0.1) is 0 Å². The van der Waals surface area contributed by atoms with Crippen LogP contribution >= 0.6 is 11.8 Å². The van der Waals surface area contributed by atoms with Gasteiger partial charge in [0.25, 0.3) is 0 Å². The van der Waals surface area contributed by atoms with Crippen LogP contribution in [0.1, 0.15) is 6.42 Å². The van der Waals surface area contributed by atoms with E-state index in [2.05, 4.69) is 58.9 Å². The molecule has 0 aliphatic heterocycles. The van der Waals surface area contributed by atoms with E-state index in [0.29, 0.717) is 0 Å². The topological polar surface area (TPSA) is 39.7 Å². The molecule has 1 rings (SSSR count). The summed E-state index contributed by atoms with van der Waals surface area (Å²) in [5.41, 5.74) is 0. The van der Waals surface area contributed by atoms with E-state index in [4.69, 9.17) is 0 Å². The minimum absolute atomic E-state index is 0.886. The Hall–Kier alpha value is -1.20. The Balaban J connectivity index is 2.09. The Bertz CT molecular complexity index is 379. The van der Waals surface area contributed by atoms with Gasteiger partial charge in [0.1, 0.15) is 0 Å². The molecule has 0 unspecified atom stereocenters. The first-order valence-electron chi connectivity index (χ1n) is 6.99. The number of rotatable bonds is 8. The lowest BCUT2D eigenvalue weighted by molar-refractivity contribution is 0.399. The molecule has 4 nitrogen and oxygen atoms in total. The van der Waals surface area contributed by atoms with Gasteiger partial charge in [0.2, 0.25) is 0 Å². The van der Waals surface area contributed by atoms with E-state index in [9.17, 15) is 0 Å². The Morgan fingerprint density at radius 2 is 1.85 bits per heavy atom. The lowest BCUT2D eigenvalue weighted by Gasteiger charge is -2.13. The standard InChI is InChI=1S/C15H26N4S/c1-16-15(17-10-7-12-19(2)3)18-11-13-20-14-8-5-4-6-9-14/h4-6,8-9H,7,10-13H2,1-3H3,(H2,16,17,18). The van der Waals surface area contributed by atoms with E-state index >= 15 is 0 Å². The van der Waals surface area contributed by atoms with Crippen molar-refractivity contribution in [1.29, 1.82) is 0 Å². The molecule has 0 amide bonds. The zero-order valence-corrected chi connectivity index (χ0v) is 13.5. The third-order valence-corrected chi connectivity index (χ3v) is 3.72. The minimum Gasteiger partial charge on any atom is -0.356 e. The minimum atomic E-state index is 0.886. The number of benzene rings is 1. The van der Waals surface area contributed by atoms with Crippen molar-refractivity contribution in [2.75, 3.05) is 46.5 Å². The van der Waals surface area contributed by atoms with Gasteiger partial charge < -0.3 is 15.5 Å². The molecule has 0 aliphatic carbocycles. The van der Waals surface area contributed by atoms with Crippen LogP contribution in [0.4, 0.5) is 0 Å². The highest BCUT2D eigenvalue weighted by Gasteiger charge is 1.98. The predicted molar refractivity (Wildman–Crippen MR) is 89.7 cm³/mol. The molecule has 0 saturated carbocycles. The number of guanidine groups is 1. The fraction of sp³-hybridized carbons (Fsp3) is 0.533. The van der Waals surface area contributed by atoms with Crippen molar-refractivity contribution >= 4 is 17.7 Å². The average molecular weight is 294 g/mol. The molecule has 5 heteroatoms. The molecule has 0 bridgehead atoms. The quantitative estimate of drug-likeness (QED) is 0.332. The van der Waals surface area contributed by atoms with Gasteiger partial charge in [-0.05, 0) is 39.2 Å². The second-order valence-electron chi connectivity index (χ2n) is 4.74. The van der Waals surface area contributed by atoms with Gasteiger partial charge in [0, 0.05) is 30.8 Å². The number of aliphatic imine (C=N–C) groups is 1. The maximum Gasteiger partial charge on any atom is 0.191 e. The van der Waals surface area contributed by atoms with Crippen molar-refractivity contribution < 1.29 is 0 Å². The maximum atomic E-state index is 4.22. The molecule has 0 spiro atoms. The van der Waals surface area contributed by atoms with Crippen LogP contribution in [0.15, 0.2) is 40.2 Å². The molecular weight excluding hydrogens is 268 g/mol. The molecule has 1 aromatic rings. The van der Waals surface area contributed by atoms with Crippen molar-refractivity contribution in [1.82, 2.24) is 15.5 Å². The van der Waals surface area contributed by atoms with Crippen LogP contribution in [0.5, 0.6) is 0 Å². The SMILES string of the molecule is CN=C(NCCCN(C)C)NCCSc1ccccc1. The van der Waals surface area contributed by atoms with E-state index in [1.807, 2.05) is 24.9 Å². The van der Waals surface area contributed by atoms with Gasteiger partial charge in [-0.15, -0.1) is 11.8 Å². The van der Waals surface area contributed by atoms with Crippen molar-refractivity contribution in [3.8, 4) is 0 Å². The summed E-state index contributed by atoms with van der Waals surface area (Å²) < 4.78 is 0. The lowest BCUT2D eigenvalue weighted by Crippen LogP contribution is -2.39. The highest BCUT2D eigenvalue weighted by molar-refractivity contribution is 7.99. The van der Waals surface area contributed by atoms with E-state index in [-0.39, 0.29) is 0 Å². The molecule has 20 heavy (non-hydrogen) atoms. The summed E-state index contributed by atoms with van der Waals surface area (Å²) in [7, 11) is 5.99. The van der Waals surface area contributed by atoms with Gasteiger partial charge >= 0.3 is 0 Å². The maximum absolute atomic E-state index is 4.22. The molecule has 0 aliphatic rings. The molecule has 0 aromatic heterocycles. The highest BCUT2D eigenvalue weighted by atomic mass is 32.2. The fourth-order valence-corrected chi connectivity index (χ4v) is 2.47. The number of hydrogen-bond donors (Lipinski definition) is 2. The van der Waals surface area contributed by atoms with Crippen LogP contribution in [0.2, 0.25) is 0 Å². The summed E-state index contributed by atoms with van der Waals surface area (Å²) >= 11 is 1.85. The van der Waals surface area contributed by atoms with Crippen molar-refractivity contribution in [2.45, 2.75) is 11.3 Å². The van der Waals surface area contributed by atoms with Crippen molar-refractivity contribution in [3.63, 3.8) is 0 Å². The van der Waals surface area contributed by atoms with E-state index < -0.39 is 0 Å². The summed E-state index contributed by atoms with van der Waals surface area (Å²) in [6.07, 6.45) is 1.12. The van der Waals surface area contributed by atoms with Crippen LogP contribution in [0.25, 0.3) is 0 Å². The van der Waals surface area contributed by atoms with E-state index in [1.54, 1.807) is 0 Å². The summed E-state index contributed by atoms with van der Waals surface area (Å²) in [6.45, 7) is 2.95. The molecule has 0 heterocycles. The zero-order chi connectivity index (χ0) is 14.6. The molecule has 0 atom stereocenters. The number of nitrogens with one attached hydrogen (secondary N) is 2. The Kier molecular flexibility index (Phi) is 8.91. The van der Waals surface area contributed by atoms with Gasteiger partial charge in [-0.2, -0.15) is 0 Å². The normalized spacial score (nSPS) is 11.7.